The summed E-state index contributed by atoms with van der Waals surface area (Å²) in [5.74, 6) is -1.44. The lowest BCUT2D eigenvalue weighted by Crippen LogP contribution is -2.18. The third-order valence-electron chi connectivity index (χ3n) is 2.47. The van der Waals surface area contributed by atoms with E-state index >= 15 is 0 Å². The highest BCUT2D eigenvalue weighted by molar-refractivity contribution is 9.10. The molecule has 0 radical (unpaired) electrons. The molecule has 0 amide bonds. The van der Waals surface area contributed by atoms with Crippen molar-refractivity contribution in [1.82, 2.24) is 0 Å². The largest absolute Gasteiger partial charge is 0.573 e. The fourth-order valence-corrected chi connectivity index (χ4v) is 1.86. The van der Waals surface area contributed by atoms with E-state index in [-0.39, 0.29) is 17.8 Å². The Labute approximate surface area is 127 Å². The van der Waals surface area contributed by atoms with Crippen LogP contribution in [-0.2, 0) is 4.79 Å². The van der Waals surface area contributed by atoms with Crippen LogP contribution in [0.4, 0.5) is 18.9 Å². The first-order valence-electron chi connectivity index (χ1n) is 5.94. The second-order valence-corrected chi connectivity index (χ2v) is 4.87. The SMILES string of the molecule is CC/C(=C/CNc1ccc(Br)cc1OC(F)(F)F)C(=O)O. The number of alkyl halides is 3. The molecule has 0 saturated heterocycles. The highest BCUT2D eigenvalue weighted by Gasteiger charge is 2.32. The van der Waals surface area contributed by atoms with Crippen molar-refractivity contribution in [2.45, 2.75) is 19.7 Å². The smallest absolute Gasteiger partial charge is 0.478 e. The standard InChI is InChI=1S/C13H13BrF3NO3/c1-2-8(12(19)20)5-6-18-10-4-3-9(14)7-11(10)21-13(15,16)17/h3-5,7,18H,2,6H2,1H3,(H,19,20)/b8-5-. The summed E-state index contributed by atoms with van der Waals surface area (Å²) in [5, 5.41) is 11.5. The van der Waals surface area contributed by atoms with E-state index < -0.39 is 18.1 Å². The van der Waals surface area contributed by atoms with Crippen LogP contribution >= 0.6 is 15.9 Å². The summed E-state index contributed by atoms with van der Waals surface area (Å²) in [4.78, 5) is 10.8. The van der Waals surface area contributed by atoms with Gasteiger partial charge in [0.2, 0.25) is 0 Å². The van der Waals surface area contributed by atoms with Crippen LogP contribution in [0.15, 0.2) is 34.3 Å². The Bertz CT molecular complexity index is 544. The Kier molecular flexibility index (Phi) is 6.07. The lowest BCUT2D eigenvalue weighted by atomic mass is 10.2. The van der Waals surface area contributed by atoms with Crippen LogP contribution in [0.2, 0.25) is 0 Å². The van der Waals surface area contributed by atoms with Gasteiger partial charge in [0.15, 0.2) is 5.75 Å². The second-order valence-electron chi connectivity index (χ2n) is 3.96. The van der Waals surface area contributed by atoms with Gasteiger partial charge in [0, 0.05) is 16.6 Å². The normalized spacial score (nSPS) is 12.1. The van der Waals surface area contributed by atoms with Crippen molar-refractivity contribution in [1.29, 1.82) is 0 Å². The van der Waals surface area contributed by atoms with E-state index in [2.05, 4.69) is 26.0 Å². The molecule has 8 heteroatoms. The van der Waals surface area contributed by atoms with Gasteiger partial charge in [-0.2, -0.15) is 0 Å². The van der Waals surface area contributed by atoms with Crippen LogP contribution in [0.5, 0.6) is 5.75 Å². The number of ether oxygens (including phenoxy) is 1. The van der Waals surface area contributed by atoms with Gasteiger partial charge in [-0.15, -0.1) is 13.2 Å². The monoisotopic (exact) mass is 367 g/mol. The Hall–Kier alpha value is -1.70. The molecule has 1 aromatic carbocycles. The molecule has 0 spiro atoms. The molecule has 0 aliphatic carbocycles. The van der Waals surface area contributed by atoms with Gasteiger partial charge in [-0.05, 0) is 24.6 Å². The number of aliphatic carboxylic acids is 1. The van der Waals surface area contributed by atoms with Crippen LogP contribution in [0.3, 0.4) is 0 Å². The summed E-state index contributed by atoms with van der Waals surface area (Å²) in [7, 11) is 0. The summed E-state index contributed by atoms with van der Waals surface area (Å²) in [5.41, 5.74) is 0.297. The molecule has 0 unspecified atom stereocenters. The quantitative estimate of drug-likeness (QED) is 0.740. The molecular weight excluding hydrogens is 355 g/mol. The van der Waals surface area contributed by atoms with Crippen LogP contribution < -0.4 is 10.1 Å². The highest BCUT2D eigenvalue weighted by Crippen LogP contribution is 2.32. The molecule has 4 nitrogen and oxygen atoms in total. The van der Waals surface area contributed by atoms with Crippen LogP contribution in [0.25, 0.3) is 0 Å². The molecule has 0 aliphatic rings. The van der Waals surface area contributed by atoms with E-state index in [0.717, 1.165) is 0 Å². The van der Waals surface area contributed by atoms with Crippen molar-refractivity contribution >= 4 is 27.6 Å². The zero-order valence-corrected chi connectivity index (χ0v) is 12.6. The zero-order valence-electron chi connectivity index (χ0n) is 11.0. The molecule has 0 fully saturated rings. The van der Waals surface area contributed by atoms with Crippen molar-refractivity contribution in [3.8, 4) is 5.75 Å². The predicted octanol–water partition coefficient (Wildman–Crippen LogP) is 4.18. The number of carbonyl (C=O) groups is 1. The number of halogens is 4. The van der Waals surface area contributed by atoms with Gasteiger partial charge in [0.25, 0.3) is 0 Å². The van der Waals surface area contributed by atoms with Gasteiger partial charge in [-0.3, -0.25) is 0 Å². The van der Waals surface area contributed by atoms with Crippen LogP contribution in [0.1, 0.15) is 13.3 Å². The van der Waals surface area contributed by atoms with E-state index in [1.165, 1.54) is 18.2 Å². The fraction of sp³-hybridized carbons (Fsp3) is 0.308. The fourth-order valence-electron chi connectivity index (χ4n) is 1.52. The van der Waals surface area contributed by atoms with Gasteiger partial charge in [0.1, 0.15) is 0 Å². The number of carboxylic acid groups (broad SMARTS) is 1. The maximum Gasteiger partial charge on any atom is 0.573 e. The van der Waals surface area contributed by atoms with Gasteiger partial charge < -0.3 is 15.2 Å². The molecule has 1 rings (SSSR count). The molecule has 0 atom stereocenters. The van der Waals surface area contributed by atoms with Gasteiger partial charge in [-0.25, -0.2) is 4.79 Å². The summed E-state index contributed by atoms with van der Waals surface area (Å²) in [6.07, 6.45) is -3.08. The maximum absolute atomic E-state index is 12.3. The molecule has 0 bridgehead atoms. The second kappa shape index (κ2) is 7.35. The minimum absolute atomic E-state index is 0.0747. The Morgan fingerprint density at radius 1 is 1.48 bits per heavy atom. The molecular formula is C13H13BrF3NO3. The average Bonchev–Trinajstić information content (AvgIpc) is 2.34. The maximum atomic E-state index is 12.3. The highest BCUT2D eigenvalue weighted by atomic mass is 79.9. The molecule has 0 saturated carbocycles. The lowest BCUT2D eigenvalue weighted by molar-refractivity contribution is -0.274. The number of hydrogen-bond donors (Lipinski definition) is 2. The van der Waals surface area contributed by atoms with E-state index in [0.29, 0.717) is 10.9 Å². The van der Waals surface area contributed by atoms with Crippen molar-refractivity contribution in [3.05, 3.63) is 34.3 Å². The average molecular weight is 368 g/mol. The van der Waals surface area contributed by atoms with Crippen molar-refractivity contribution < 1.29 is 27.8 Å². The lowest BCUT2D eigenvalue weighted by Gasteiger charge is -2.14. The number of carboxylic acids is 1. The van der Waals surface area contributed by atoms with Gasteiger partial charge >= 0.3 is 12.3 Å². The van der Waals surface area contributed by atoms with Crippen LogP contribution in [-0.4, -0.2) is 24.0 Å². The Morgan fingerprint density at radius 3 is 2.67 bits per heavy atom. The number of benzene rings is 1. The number of nitrogens with one attached hydrogen (secondary N) is 1. The molecule has 1 aromatic rings. The van der Waals surface area contributed by atoms with E-state index in [1.807, 2.05) is 0 Å². The topological polar surface area (TPSA) is 58.6 Å². The summed E-state index contributed by atoms with van der Waals surface area (Å²) >= 11 is 3.06. The molecule has 21 heavy (non-hydrogen) atoms. The summed E-state index contributed by atoms with van der Waals surface area (Å²) < 4.78 is 41.3. The number of hydrogen-bond acceptors (Lipinski definition) is 3. The van der Waals surface area contributed by atoms with E-state index in [9.17, 15) is 18.0 Å². The first-order chi connectivity index (χ1) is 9.73. The zero-order chi connectivity index (χ0) is 16.0. The third-order valence-corrected chi connectivity index (χ3v) is 2.96. The molecule has 2 N–H and O–H groups in total. The molecule has 0 aromatic heterocycles. The predicted molar refractivity (Wildman–Crippen MR) is 75.3 cm³/mol. The van der Waals surface area contributed by atoms with Crippen molar-refractivity contribution in [2.75, 3.05) is 11.9 Å². The summed E-state index contributed by atoms with van der Waals surface area (Å²) in [6, 6.07) is 4.13. The van der Waals surface area contributed by atoms with Crippen LogP contribution in [0, 0.1) is 0 Å². The molecule has 116 valence electrons. The van der Waals surface area contributed by atoms with Crippen molar-refractivity contribution in [2.24, 2.45) is 0 Å². The van der Waals surface area contributed by atoms with E-state index in [4.69, 9.17) is 5.11 Å². The van der Waals surface area contributed by atoms with E-state index in [1.54, 1.807) is 13.0 Å². The Morgan fingerprint density at radius 2 is 2.14 bits per heavy atom. The van der Waals surface area contributed by atoms with Gasteiger partial charge in [0.05, 0.1) is 5.69 Å². The summed E-state index contributed by atoms with van der Waals surface area (Å²) in [6.45, 7) is 1.75. The molecule has 0 heterocycles. The third kappa shape index (κ3) is 6.07. The molecule has 0 aliphatic heterocycles. The minimum Gasteiger partial charge on any atom is -0.478 e. The first-order valence-corrected chi connectivity index (χ1v) is 6.73. The minimum atomic E-state index is -4.80. The number of rotatable bonds is 6. The van der Waals surface area contributed by atoms with Crippen molar-refractivity contribution in [3.63, 3.8) is 0 Å². The first kappa shape index (κ1) is 17.4. The Balaban J connectivity index is 2.86. The van der Waals surface area contributed by atoms with Gasteiger partial charge in [-0.1, -0.05) is 28.9 Å². The number of anilines is 1.